The second-order valence-electron chi connectivity index (χ2n) is 3.88. The lowest BCUT2D eigenvalue weighted by molar-refractivity contribution is -0.142. The Morgan fingerprint density at radius 1 is 1.29 bits per heavy atom. The van der Waals surface area contributed by atoms with Crippen LogP contribution in [0.1, 0.15) is 39.0 Å². The summed E-state index contributed by atoms with van der Waals surface area (Å²) >= 11 is 0. The fourth-order valence-electron chi connectivity index (χ4n) is 2.06. The standard InChI is InChI=1S/C11H20O3/c1-3-14-10-6-4-9(5-7-10)8-11(12)13-2/h9-10H,3-8H2,1-2H3/t9-,10-. The van der Waals surface area contributed by atoms with Crippen LogP contribution >= 0.6 is 0 Å². The zero-order chi connectivity index (χ0) is 10.4. The van der Waals surface area contributed by atoms with Crippen molar-refractivity contribution in [2.75, 3.05) is 13.7 Å². The molecule has 0 bridgehead atoms. The van der Waals surface area contributed by atoms with E-state index in [-0.39, 0.29) is 5.97 Å². The quantitative estimate of drug-likeness (QED) is 0.652. The van der Waals surface area contributed by atoms with Gasteiger partial charge >= 0.3 is 5.97 Å². The zero-order valence-corrected chi connectivity index (χ0v) is 9.12. The van der Waals surface area contributed by atoms with Crippen LogP contribution in [0.25, 0.3) is 0 Å². The Kier molecular flexibility index (Phi) is 4.94. The first-order chi connectivity index (χ1) is 6.76. The van der Waals surface area contributed by atoms with Crippen LogP contribution in [0.4, 0.5) is 0 Å². The molecule has 1 rings (SSSR count). The first-order valence-corrected chi connectivity index (χ1v) is 5.44. The Hall–Kier alpha value is -0.570. The summed E-state index contributed by atoms with van der Waals surface area (Å²) in [5.74, 6) is 0.434. The van der Waals surface area contributed by atoms with Crippen molar-refractivity contribution in [3.05, 3.63) is 0 Å². The molecule has 0 N–H and O–H groups in total. The van der Waals surface area contributed by atoms with E-state index in [4.69, 9.17) is 4.74 Å². The van der Waals surface area contributed by atoms with Crippen LogP contribution in [0.2, 0.25) is 0 Å². The average Bonchev–Trinajstić information content (AvgIpc) is 2.21. The maximum atomic E-state index is 11.0. The van der Waals surface area contributed by atoms with Gasteiger partial charge in [0.05, 0.1) is 13.2 Å². The summed E-state index contributed by atoms with van der Waals surface area (Å²) in [4.78, 5) is 11.0. The Labute approximate surface area is 85.8 Å². The van der Waals surface area contributed by atoms with Crippen LogP contribution in [-0.4, -0.2) is 25.8 Å². The molecule has 0 radical (unpaired) electrons. The number of ether oxygens (including phenoxy) is 2. The Morgan fingerprint density at radius 3 is 2.43 bits per heavy atom. The van der Waals surface area contributed by atoms with Crippen molar-refractivity contribution in [3.8, 4) is 0 Å². The SMILES string of the molecule is CCO[C@H]1CC[C@H](CC(=O)OC)CC1. The van der Waals surface area contributed by atoms with Crippen LogP contribution in [0, 0.1) is 5.92 Å². The van der Waals surface area contributed by atoms with Gasteiger partial charge in [0.25, 0.3) is 0 Å². The fraction of sp³-hybridized carbons (Fsp3) is 0.909. The molecule has 82 valence electrons. The van der Waals surface area contributed by atoms with E-state index in [0.29, 0.717) is 18.4 Å². The van der Waals surface area contributed by atoms with Gasteiger partial charge in [-0.3, -0.25) is 4.79 Å². The molecule has 0 aliphatic heterocycles. The number of carbonyl (C=O) groups is 1. The molecule has 0 amide bonds. The fourth-order valence-corrected chi connectivity index (χ4v) is 2.06. The molecule has 3 heteroatoms. The van der Waals surface area contributed by atoms with Crippen molar-refractivity contribution < 1.29 is 14.3 Å². The molecule has 14 heavy (non-hydrogen) atoms. The normalized spacial score (nSPS) is 27.3. The van der Waals surface area contributed by atoms with Crippen molar-refractivity contribution in [1.82, 2.24) is 0 Å². The first kappa shape index (κ1) is 11.5. The lowest BCUT2D eigenvalue weighted by Crippen LogP contribution is -2.23. The molecule has 0 aromatic carbocycles. The van der Waals surface area contributed by atoms with Gasteiger partial charge in [-0.15, -0.1) is 0 Å². The molecule has 0 atom stereocenters. The van der Waals surface area contributed by atoms with Gasteiger partial charge in [-0.05, 0) is 38.5 Å². The van der Waals surface area contributed by atoms with Crippen LogP contribution in [-0.2, 0) is 14.3 Å². The summed E-state index contributed by atoms with van der Waals surface area (Å²) in [6.07, 6.45) is 5.38. The molecule has 0 saturated heterocycles. The summed E-state index contributed by atoms with van der Waals surface area (Å²) < 4.78 is 10.2. The van der Waals surface area contributed by atoms with Crippen LogP contribution in [0.3, 0.4) is 0 Å². The zero-order valence-electron chi connectivity index (χ0n) is 9.12. The van der Waals surface area contributed by atoms with Gasteiger partial charge in [-0.25, -0.2) is 0 Å². The minimum Gasteiger partial charge on any atom is -0.469 e. The van der Waals surface area contributed by atoms with Crippen molar-refractivity contribution in [2.45, 2.75) is 45.1 Å². The number of methoxy groups -OCH3 is 1. The summed E-state index contributed by atoms with van der Waals surface area (Å²) in [5.41, 5.74) is 0. The molecule has 0 heterocycles. The van der Waals surface area contributed by atoms with Crippen LogP contribution < -0.4 is 0 Å². The Bertz CT molecular complexity index is 171. The predicted octanol–water partition coefficient (Wildman–Crippen LogP) is 2.14. The van der Waals surface area contributed by atoms with E-state index in [2.05, 4.69) is 4.74 Å². The second kappa shape index (κ2) is 6.02. The Morgan fingerprint density at radius 2 is 1.93 bits per heavy atom. The molecule has 0 aromatic heterocycles. The number of esters is 1. The monoisotopic (exact) mass is 200 g/mol. The average molecular weight is 200 g/mol. The molecule has 0 aromatic rings. The maximum Gasteiger partial charge on any atom is 0.305 e. The molecule has 0 spiro atoms. The molecule has 1 aliphatic rings. The van der Waals surface area contributed by atoms with E-state index in [0.717, 1.165) is 32.3 Å². The van der Waals surface area contributed by atoms with Crippen molar-refractivity contribution in [3.63, 3.8) is 0 Å². The number of rotatable bonds is 4. The highest BCUT2D eigenvalue weighted by molar-refractivity contribution is 5.69. The third-order valence-electron chi connectivity index (χ3n) is 2.88. The van der Waals surface area contributed by atoms with E-state index >= 15 is 0 Å². The van der Waals surface area contributed by atoms with E-state index in [1.807, 2.05) is 6.92 Å². The topological polar surface area (TPSA) is 35.5 Å². The highest BCUT2D eigenvalue weighted by atomic mass is 16.5. The number of carbonyl (C=O) groups excluding carboxylic acids is 1. The van der Waals surface area contributed by atoms with Gasteiger partial charge < -0.3 is 9.47 Å². The second-order valence-corrected chi connectivity index (χ2v) is 3.88. The molecule has 0 unspecified atom stereocenters. The summed E-state index contributed by atoms with van der Waals surface area (Å²) in [7, 11) is 1.45. The van der Waals surface area contributed by atoms with Gasteiger partial charge in [0.2, 0.25) is 0 Å². The predicted molar refractivity (Wildman–Crippen MR) is 54.0 cm³/mol. The van der Waals surface area contributed by atoms with Gasteiger partial charge in [-0.2, -0.15) is 0 Å². The molecule has 1 aliphatic carbocycles. The summed E-state index contributed by atoms with van der Waals surface area (Å²) in [5, 5.41) is 0. The van der Waals surface area contributed by atoms with Gasteiger partial charge in [0.15, 0.2) is 0 Å². The third-order valence-corrected chi connectivity index (χ3v) is 2.88. The number of hydrogen-bond acceptors (Lipinski definition) is 3. The lowest BCUT2D eigenvalue weighted by atomic mass is 9.85. The van der Waals surface area contributed by atoms with Crippen LogP contribution in [0.15, 0.2) is 0 Å². The molecule has 1 fully saturated rings. The molecule has 1 saturated carbocycles. The first-order valence-electron chi connectivity index (χ1n) is 5.44. The van der Waals surface area contributed by atoms with Gasteiger partial charge in [-0.1, -0.05) is 0 Å². The molecule has 3 nitrogen and oxygen atoms in total. The van der Waals surface area contributed by atoms with Crippen molar-refractivity contribution in [2.24, 2.45) is 5.92 Å². The Balaban J connectivity index is 2.18. The van der Waals surface area contributed by atoms with Crippen LogP contribution in [0.5, 0.6) is 0 Å². The van der Waals surface area contributed by atoms with Crippen molar-refractivity contribution in [1.29, 1.82) is 0 Å². The smallest absolute Gasteiger partial charge is 0.305 e. The third kappa shape index (κ3) is 3.66. The van der Waals surface area contributed by atoms with Gasteiger partial charge in [0.1, 0.15) is 0 Å². The lowest BCUT2D eigenvalue weighted by Gasteiger charge is -2.27. The minimum atomic E-state index is -0.0788. The largest absolute Gasteiger partial charge is 0.469 e. The highest BCUT2D eigenvalue weighted by Crippen LogP contribution is 2.28. The van der Waals surface area contributed by atoms with E-state index in [1.54, 1.807) is 0 Å². The summed E-state index contributed by atoms with van der Waals surface area (Å²) in [6, 6.07) is 0. The van der Waals surface area contributed by atoms with E-state index in [9.17, 15) is 4.79 Å². The maximum absolute atomic E-state index is 11.0. The van der Waals surface area contributed by atoms with Crippen molar-refractivity contribution >= 4 is 5.97 Å². The van der Waals surface area contributed by atoms with E-state index < -0.39 is 0 Å². The highest BCUT2D eigenvalue weighted by Gasteiger charge is 2.23. The molecular weight excluding hydrogens is 180 g/mol. The summed E-state index contributed by atoms with van der Waals surface area (Å²) in [6.45, 7) is 2.83. The van der Waals surface area contributed by atoms with Gasteiger partial charge in [0, 0.05) is 13.0 Å². The van der Waals surface area contributed by atoms with E-state index in [1.165, 1.54) is 7.11 Å². The minimum absolute atomic E-state index is 0.0788. The number of hydrogen-bond donors (Lipinski definition) is 0. The molecular formula is C11H20O3.